The van der Waals surface area contributed by atoms with Crippen molar-refractivity contribution in [2.75, 3.05) is 19.0 Å². The summed E-state index contributed by atoms with van der Waals surface area (Å²) in [5.41, 5.74) is 1.33. The van der Waals surface area contributed by atoms with E-state index >= 15 is 0 Å². The number of carbonyl (C=O) groups is 2. The normalized spacial score (nSPS) is 10.5. The van der Waals surface area contributed by atoms with Crippen LogP contribution >= 0.6 is 0 Å². The Labute approximate surface area is 145 Å². The topological polar surface area (TPSA) is 64.6 Å². The van der Waals surface area contributed by atoms with Crippen molar-refractivity contribution in [1.29, 1.82) is 0 Å². The van der Waals surface area contributed by atoms with E-state index in [1.807, 2.05) is 0 Å². The van der Waals surface area contributed by atoms with E-state index in [-0.39, 0.29) is 12.4 Å². The van der Waals surface area contributed by atoms with Crippen LogP contribution in [-0.4, -0.2) is 25.6 Å². The Kier molecular flexibility index (Phi) is 6.28. The predicted octanol–water partition coefficient (Wildman–Crippen LogP) is 3.66. The summed E-state index contributed by atoms with van der Waals surface area (Å²) in [5, 5.41) is 2.63. The van der Waals surface area contributed by atoms with Gasteiger partial charge < -0.3 is 14.8 Å². The highest BCUT2D eigenvalue weighted by Gasteiger charge is 2.07. The maximum atomic E-state index is 13.6. The van der Waals surface area contributed by atoms with Crippen LogP contribution in [0.1, 0.15) is 22.8 Å². The summed E-state index contributed by atoms with van der Waals surface area (Å²) in [7, 11) is 1.38. The van der Waals surface area contributed by atoms with E-state index in [0.717, 1.165) is 0 Å². The van der Waals surface area contributed by atoms with E-state index in [0.29, 0.717) is 16.8 Å². The van der Waals surface area contributed by atoms with Gasteiger partial charge >= 0.3 is 5.97 Å². The summed E-state index contributed by atoms with van der Waals surface area (Å²) in [4.78, 5) is 23.7. The minimum absolute atomic E-state index is 0.136. The van der Waals surface area contributed by atoms with Gasteiger partial charge in [-0.25, -0.2) is 9.18 Å². The van der Waals surface area contributed by atoms with Crippen LogP contribution in [0.5, 0.6) is 5.75 Å². The third-order valence-corrected chi connectivity index (χ3v) is 3.24. The molecule has 0 atom stereocenters. The van der Waals surface area contributed by atoms with Crippen LogP contribution in [-0.2, 0) is 9.53 Å². The number of hydrogen-bond acceptors (Lipinski definition) is 4. The highest BCUT2D eigenvalue weighted by Crippen LogP contribution is 2.18. The molecule has 0 fully saturated rings. The first kappa shape index (κ1) is 18.2. The quantitative estimate of drug-likeness (QED) is 0.642. The zero-order valence-corrected chi connectivity index (χ0v) is 13.9. The molecule has 6 heteroatoms. The van der Waals surface area contributed by atoms with Crippen molar-refractivity contribution in [3.05, 3.63) is 65.5 Å². The number of nitrogens with one attached hydrogen (secondary N) is 1. The number of hydrogen-bond donors (Lipinski definition) is 1. The number of anilines is 1. The standard InChI is InChI=1S/C19H18FNO4/c1-3-25-19(23)14-5-4-6-15(12-14)21-18(22)10-8-13-7-9-17(24-2)16(20)11-13/h4-12H,3H2,1-2H3,(H,21,22)/b10-8+. The van der Waals surface area contributed by atoms with Gasteiger partial charge in [0.05, 0.1) is 19.3 Å². The molecule has 2 rings (SSSR count). The average molecular weight is 343 g/mol. The summed E-state index contributed by atoms with van der Waals surface area (Å²) < 4.78 is 23.3. The molecule has 0 aliphatic heterocycles. The summed E-state index contributed by atoms with van der Waals surface area (Å²) in [5.74, 6) is -1.23. The molecule has 0 unspecified atom stereocenters. The van der Waals surface area contributed by atoms with Crippen molar-refractivity contribution in [2.24, 2.45) is 0 Å². The van der Waals surface area contributed by atoms with Crippen LogP contribution in [0.25, 0.3) is 6.08 Å². The van der Waals surface area contributed by atoms with Crippen molar-refractivity contribution in [3.8, 4) is 5.75 Å². The molecule has 0 aromatic heterocycles. The van der Waals surface area contributed by atoms with Gasteiger partial charge in [0.15, 0.2) is 11.6 Å². The molecular weight excluding hydrogens is 325 g/mol. The van der Waals surface area contributed by atoms with Crippen LogP contribution in [0.4, 0.5) is 10.1 Å². The van der Waals surface area contributed by atoms with E-state index in [4.69, 9.17) is 9.47 Å². The number of carbonyl (C=O) groups excluding carboxylic acids is 2. The van der Waals surface area contributed by atoms with E-state index in [1.54, 1.807) is 31.2 Å². The van der Waals surface area contributed by atoms with E-state index in [1.165, 1.54) is 37.5 Å². The number of halogens is 1. The van der Waals surface area contributed by atoms with Crippen molar-refractivity contribution >= 4 is 23.6 Å². The van der Waals surface area contributed by atoms with E-state index in [9.17, 15) is 14.0 Å². The van der Waals surface area contributed by atoms with Crippen molar-refractivity contribution in [2.45, 2.75) is 6.92 Å². The number of esters is 1. The maximum Gasteiger partial charge on any atom is 0.338 e. The number of benzene rings is 2. The van der Waals surface area contributed by atoms with Gasteiger partial charge in [0.25, 0.3) is 0 Å². The molecular formula is C19H18FNO4. The van der Waals surface area contributed by atoms with Gasteiger partial charge in [0.2, 0.25) is 5.91 Å². The molecule has 1 amide bonds. The fraction of sp³-hybridized carbons (Fsp3) is 0.158. The Balaban J connectivity index is 2.03. The lowest BCUT2D eigenvalue weighted by atomic mass is 10.2. The molecule has 0 bridgehead atoms. The Hall–Kier alpha value is -3.15. The minimum Gasteiger partial charge on any atom is -0.494 e. The fourth-order valence-electron chi connectivity index (χ4n) is 2.08. The first-order valence-corrected chi connectivity index (χ1v) is 7.63. The molecule has 0 aliphatic carbocycles. The molecule has 2 aromatic carbocycles. The molecule has 0 radical (unpaired) electrons. The summed E-state index contributed by atoms with van der Waals surface area (Å²) in [6, 6.07) is 10.8. The SMILES string of the molecule is CCOC(=O)c1cccc(NC(=O)/C=C/c2ccc(OC)c(F)c2)c1. The Morgan fingerprint density at radius 1 is 1.20 bits per heavy atom. The molecule has 0 saturated heterocycles. The number of methoxy groups -OCH3 is 1. The van der Waals surface area contributed by atoms with Crippen molar-refractivity contribution < 1.29 is 23.5 Å². The van der Waals surface area contributed by atoms with Gasteiger partial charge in [-0.05, 0) is 48.9 Å². The Bertz CT molecular complexity index is 802. The van der Waals surface area contributed by atoms with Crippen LogP contribution in [0.15, 0.2) is 48.5 Å². The molecule has 130 valence electrons. The van der Waals surface area contributed by atoms with Gasteiger partial charge in [-0.15, -0.1) is 0 Å². The third kappa shape index (κ3) is 5.17. The minimum atomic E-state index is -0.507. The molecule has 2 aromatic rings. The highest BCUT2D eigenvalue weighted by molar-refractivity contribution is 6.02. The van der Waals surface area contributed by atoms with Crippen molar-refractivity contribution in [1.82, 2.24) is 0 Å². The average Bonchev–Trinajstić information content (AvgIpc) is 2.60. The number of ether oxygens (including phenoxy) is 2. The molecule has 0 aliphatic rings. The fourth-order valence-corrected chi connectivity index (χ4v) is 2.08. The largest absolute Gasteiger partial charge is 0.494 e. The summed E-state index contributed by atoms with van der Waals surface area (Å²) >= 11 is 0. The number of amides is 1. The molecule has 1 N–H and O–H groups in total. The third-order valence-electron chi connectivity index (χ3n) is 3.24. The van der Waals surface area contributed by atoms with E-state index < -0.39 is 17.7 Å². The first-order valence-electron chi connectivity index (χ1n) is 7.63. The molecule has 0 heterocycles. The first-order chi connectivity index (χ1) is 12.0. The Morgan fingerprint density at radius 2 is 2.00 bits per heavy atom. The van der Waals surface area contributed by atoms with Gasteiger partial charge in [-0.2, -0.15) is 0 Å². The van der Waals surface area contributed by atoms with E-state index in [2.05, 4.69) is 5.32 Å². The van der Waals surface area contributed by atoms with Crippen LogP contribution in [0.2, 0.25) is 0 Å². The zero-order valence-electron chi connectivity index (χ0n) is 13.9. The Morgan fingerprint density at radius 3 is 2.68 bits per heavy atom. The molecule has 5 nitrogen and oxygen atoms in total. The van der Waals surface area contributed by atoms with Gasteiger partial charge in [-0.1, -0.05) is 12.1 Å². The second-order valence-corrected chi connectivity index (χ2v) is 5.02. The van der Waals surface area contributed by atoms with Crippen molar-refractivity contribution in [3.63, 3.8) is 0 Å². The monoisotopic (exact) mass is 343 g/mol. The predicted molar refractivity (Wildman–Crippen MR) is 93.0 cm³/mol. The smallest absolute Gasteiger partial charge is 0.338 e. The van der Waals surface area contributed by atoms with Gasteiger partial charge in [0, 0.05) is 11.8 Å². The highest BCUT2D eigenvalue weighted by atomic mass is 19.1. The van der Waals surface area contributed by atoms with Gasteiger partial charge in [-0.3, -0.25) is 4.79 Å². The van der Waals surface area contributed by atoms with Gasteiger partial charge in [0.1, 0.15) is 0 Å². The van der Waals surface area contributed by atoms with Crippen LogP contribution in [0.3, 0.4) is 0 Å². The van der Waals surface area contributed by atoms with Crippen LogP contribution < -0.4 is 10.1 Å². The lowest BCUT2D eigenvalue weighted by Crippen LogP contribution is -2.09. The number of rotatable bonds is 6. The maximum absolute atomic E-state index is 13.6. The second-order valence-electron chi connectivity index (χ2n) is 5.02. The summed E-state index contributed by atoms with van der Waals surface area (Å²) in [6.45, 7) is 1.99. The van der Waals surface area contributed by atoms with Crippen LogP contribution in [0, 0.1) is 5.82 Å². The summed E-state index contributed by atoms with van der Waals surface area (Å²) in [6.07, 6.45) is 2.76. The lowest BCUT2D eigenvalue weighted by molar-refractivity contribution is -0.111. The molecule has 25 heavy (non-hydrogen) atoms. The lowest BCUT2D eigenvalue weighted by Gasteiger charge is -2.05. The zero-order chi connectivity index (χ0) is 18.2. The second kappa shape index (κ2) is 8.63. The molecule has 0 saturated carbocycles. The molecule has 0 spiro atoms.